The van der Waals surface area contributed by atoms with Crippen LogP contribution in [0, 0.1) is 13.8 Å². The Morgan fingerprint density at radius 2 is 2.00 bits per heavy atom. The summed E-state index contributed by atoms with van der Waals surface area (Å²) in [5, 5.41) is 8.15. The van der Waals surface area contributed by atoms with E-state index in [9.17, 15) is 0 Å². The molecule has 1 aromatic heterocycles. The molecule has 0 spiro atoms. The van der Waals surface area contributed by atoms with Crippen LogP contribution in [0.4, 0.5) is 0 Å². The number of aromatic nitrogens is 2. The normalized spacial score (nSPS) is 13.0. The minimum atomic E-state index is 0.436. The molecular formula is C14H27N3. The summed E-state index contributed by atoms with van der Waals surface area (Å²) in [5.41, 5.74) is 3.92. The molecular weight excluding hydrogens is 210 g/mol. The van der Waals surface area contributed by atoms with Gasteiger partial charge in [0, 0.05) is 12.2 Å². The van der Waals surface area contributed by atoms with Gasteiger partial charge in [0.2, 0.25) is 0 Å². The Morgan fingerprint density at radius 1 is 1.29 bits per heavy atom. The van der Waals surface area contributed by atoms with Crippen LogP contribution in [0.3, 0.4) is 0 Å². The Bertz CT molecular complexity index is 341. The second kappa shape index (κ2) is 6.80. The van der Waals surface area contributed by atoms with E-state index in [4.69, 9.17) is 0 Å². The largest absolute Gasteiger partial charge is 0.315 e. The number of nitrogens with one attached hydrogen (secondary N) is 1. The fourth-order valence-electron chi connectivity index (χ4n) is 2.34. The van der Waals surface area contributed by atoms with Crippen molar-refractivity contribution < 1.29 is 0 Å². The van der Waals surface area contributed by atoms with Gasteiger partial charge in [-0.3, -0.25) is 4.68 Å². The number of nitrogens with zero attached hydrogens (tertiary/aromatic N) is 2. The van der Waals surface area contributed by atoms with Crippen molar-refractivity contribution in [3.8, 4) is 0 Å². The van der Waals surface area contributed by atoms with Crippen LogP contribution in [0.5, 0.6) is 0 Å². The van der Waals surface area contributed by atoms with Crippen molar-refractivity contribution in [2.45, 2.75) is 59.9 Å². The summed E-state index contributed by atoms with van der Waals surface area (Å²) in [5.74, 6) is 0. The minimum Gasteiger partial charge on any atom is -0.315 e. The Balaban J connectivity index is 2.59. The quantitative estimate of drug-likeness (QED) is 0.739. The van der Waals surface area contributed by atoms with Crippen LogP contribution in [0.15, 0.2) is 0 Å². The van der Waals surface area contributed by atoms with Crippen molar-refractivity contribution in [1.82, 2.24) is 15.1 Å². The highest BCUT2D eigenvalue weighted by Crippen LogP contribution is 2.17. The molecule has 1 aromatic rings. The zero-order chi connectivity index (χ0) is 12.8. The summed E-state index contributed by atoms with van der Waals surface area (Å²) in [6.07, 6.45) is 3.58. The van der Waals surface area contributed by atoms with Gasteiger partial charge in [0.25, 0.3) is 0 Å². The van der Waals surface area contributed by atoms with Crippen LogP contribution < -0.4 is 5.32 Å². The second-order valence-corrected chi connectivity index (χ2v) is 4.85. The van der Waals surface area contributed by atoms with Crippen LogP contribution in [-0.2, 0) is 6.42 Å². The third kappa shape index (κ3) is 3.56. The van der Waals surface area contributed by atoms with Crippen molar-refractivity contribution in [3.63, 3.8) is 0 Å². The van der Waals surface area contributed by atoms with Crippen LogP contribution in [0.2, 0.25) is 0 Å². The van der Waals surface area contributed by atoms with Crippen molar-refractivity contribution in [3.05, 3.63) is 17.0 Å². The van der Waals surface area contributed by atoms with Gasteiger partial charge in [-0.25, -0.2) is 0 Å². The molecule has 1 heterocycles. The van der Waals surface area contributed by atoms with Crippen molar-refractivity contribution in [2.24, 2.45) is 0 Å². The molecule has 1 atom stereocenters. The zero-order valence-corrected chi connectivity index (χ0v) is 12.0. The van der Waals surface area contributed by atoms with Crippen molar-refractivity contribution >= 4 is 0 Å². The lowest BCUT2D eigenvalue weighted by molar-refractivity contribution is 0.441. The van der Waals surface area contributed by atoms with Gasteiger partial charge in [0.15, 0.2) is 0 Å². The highest BCUT2D eigenvalue weighted by Gasteiger charge is 2.13. The first-order valence-electron chi connectivity index (χ1n) is 6.87. The molecule has 1 unspecified atom stereocenters. The lowest BCUT2D eigenvalue weighted by Crippen LogP contribution is -2.25. The summed E-state index contributed by atoms with van der Waals surface area (Å²) in [6, 6.07) is 0.436. The highest BCUT2D eigenvalue weighted by molar-refractivity contribution is 5.24. The maximum absolute atomic E-state index is 4.66. The Morgan fingerprint density at radius 3 is 2.53 bits per heavy atom. The van der Waals surface area contributed by atoms with Gasteiger partial charge in [0.05, 0.1) is 11.7 Å². The van der Waals surface area contributed by atoms with Crippen LogP contribution >= 0.6 is 0 Å². The number of rotatable bonds is 7. The molecule has 0 saturated heterocycles. The number of aryl methyl sites for hydroxylation is 1. The van der Waals surface area contributed by atoms with Crippen LogP contribution in [0.1, 0.15) is 56.6 Å². The van der Waals surface area contributed by atoms with E-state index in [1.807, 2.05) is 0 Å². The van der Waals surface area contributed by atoms with E-state index in [0.717, 1.165) is 19.5 Å². The first kappa shape index (κ1) is 14.2. The van der Waals surface area contributed by atoms with Gasteiger partial charge >= 0.3 is 0 Å². The average molecular weight is 237 g/mol. The van der Waals surface area contributed by atoms with Crippen molar-refractivity contribution in [1.29, 1.82) is 0 Å². The Kier molecular flexibility index (Phi) is 5.69. The van der Waals surface area contributed by atoms with E-state index >= 15 is 0 Å². The molecule has 0 bridgehead atoms. The van der Waals surface area contributed by atoms with Gasteiger partial charge in [-0.1, -0.05) is 20.3 Å². The topological polar surface area (TPSA) is 29.9 Å². The first-order valence-corrected chi connectivity index (χ1v) is 6.87. The molecule has 0 aromatic carbocycles. The molecule has 0 amide bonds. The van der Waals surface area contributed by atoms with E-state index in [2.05, 4.69) is 49.7 Å². The predicted octanol–water partition coefficient (Wildman–Crippen LogP) is 3.01. The molecule has 17 heavy (non-hydrogen) atoms. The van der Waals surface area contributed by atoms with E-state index in [1.54, 1.807) is 0 Å². The predicted molar refractivity (Wildman–Crippen MR) is 73.6 cm³/mol. The standard InChI is InChI=1S/C14H27N3/c1-6-8-9-15-10-11(3)17-13(5)14(7-2)12(4)16-17/h11,15H,6-10H2,1-5H3. The maximum atomic E-state index is 4.66. The fraction of sp³-hybridized carbons (Fsp3) is 0.786. The van der Waals surface area contributed by atoms with E-state index in [1.165, 1.54) is 29.8 Å². The molecule has 0 saturated carbocycles. The van der Waals surface area contributed by atoms with E-state index in [0.29, 0.717) is 6.04 Å². The summed E-state index contributed by atoms with van der Waals surface area (Å²) in [4.78, 5) is 0. The minimum absolute atomic E-state index is 0.436. The lowest BCUT2D eigenvalue weighted by Gasteiger charge is -2.15. The SMILES string of the molecule is CCCCNCC(C)n1nc(C)c(CC)c1C. The number of hydrogen-bond acceptors (Lipinski definition) is 2. The summed E-state index contributed by atoms with van der Waals surface area (Å²) >= 11 is 0. The lowest BCUT2D eigenvalue weighted by atomic mass is 10.1. The molecule has 98 valence electrons. The summed E-state index contributed by atoms with van der Waals surface area (Å²) in [6.45, 7) is 13.1. The van der Waals surface area contributed by atoms with Gasteiger partial charge in [-0.05, 0) is 45.7 Å². The maximum Gasteiger partial charge on any atom is 0.0628 e. The molecule has 3 nitrogen and oxygen atoms in total. The van der Waals surface area contributed by atoms with Gasteiger partial charge in [-0.15, -0.1) is 0 Å². The zero-order valence-electron chi connectivity index (χ0n) is 12.0. The van der Waals surface area contributed by atoms with E-state index < -0.39 is 0 Å². The molecule has 3 heteroatoms. The third-order valence-corrected chi connectivity index (χ3v) is 3.39. The second-order valence-electron chi connectivity index (χ2n) is 4.85. The Hall–Kier alpha value is -0.830. The van der Waals surface area contributed by atoms with Gasteiger partial charge in [0.1, 0.15) is 0 Å². The number of hydrogen-bond donors (Lipinski definition) is 1. The molecule has 0 fully saturated rings. The fourth-order valence-corrected chi connectivity index (χ4v) is 2.34. The summed E-state index contributed by atoms with van der Waals surface area (Å²) < 4.78 is 2.17. The van der Waals surface area contributed by atoms with Crippen LogP contribution in [-0.4, -0.2) is 22.9 Å². The molecule has 1 rings (SSSR count). The smallest absolute Gasteiger partial charge is 0.0628 e. The molecule has 1 N–H and O–H groups in total. The molecule has 0 aliphatic carbocycles. The average Bonchev–Trinajstić information content (AvgIpc) is 2.60. The highest BCUT2D eigenvalue weighted by atomic mass is 15.3. The summed E-state index contributed by atoms with van der Waals surface area (Å²) in [7, 11) is 0. The molecule has 0 aliphatic rings. The van der Waals surface area contributed by atoms with E-state index in [-0.39, 0.29) is 0 Å². The molecule has 0 aliphatic heterocycles. The van der Waals surface area contributed by atoms with Crippen LogP contribution in [0.25, 0.3) is 0 Å². The van der Waals surface area contributed by atoms with Gasteiger partial charge in [-0.2, -0.15) is 5.10 Å². The Labute approximate surface area is 106 Å². The third-order valence-electron chi connectivity index (χ3n) is 3.39. The first-order chi connectivity index (χ1) is 8.11. The molecule has 0 radical (unpaired) electrons. The number of unbranched alkanes of at least 4 members (excludes halogenated alkanes) is 1. The van der Waals surface area contributed by atoms with Gasteiger partial charge < -0.3 is 5.32 Å². The van der Waals surface area contributed by atoms with Crippen molar-refractivity contribution in [2.75, 3.05) is 13.1 Å². The monoisotopic (exact) mass is 237 g/mol.